The third-order valence-corrected chi connectivity index (χ3v) is 3.13. The molecule has 0 atom stereocenters. The molecule has 0 radical (unpaired) electrons. The maximum Gasteiger partial charge on any atom is 0.162 e. The average molecular weight is 239 g/mol. The zero-order valence-corrected chi connectivity index (χ0v) is 9.56. The summed E-state index contributed by atoms with van der Waals surface area (Å²) in [5, 5.41) is 0.452. The highest BCUT2D eigenvalue weighted by molar-refractivity contribution is 6.31. The van der Waals surface area contributed by atoms with Crippen LogP contribution in [0, 0.1) is 5.82 Å². The number of ketones is 1. The first kappa shape index (κ1) is 11.3. The number of hydrogen-bond donors (Lipinski definition) is 0. The quantitative estimate of drug-likeness (QED) is 0.785. The highest BCUT2D eigenvalue weighted by Gasteiger charge is 2.15. The number of carbonyl (C=O) groups excluding carboxylic acids is 1. The van der Waals surface area contributed by atoms with E-state index >= 15 is 0 Å². The van der Waals surface area contributed by atoms with Crippen molar-refractivity contribution in [2.45, 2.75) is 25.7 Å². The third-order valence-electron chi connectivity index (χ3n) is 2.76. The second-order valence-corrected chi connectivity index (χ2v) is 4.36. The van der Waals surface area contributed by atoms with Crippen molar-refractivity contribution in [2.24, 2.45) is 0 Å². The minimum absolute atomic E-state index is 0.0602. The van der Waals surface area contributed by atoms with Gasteiger partial charge in [-0.25, -0.2) is 4.39 Å². The van der Waals surface area contributed by atoms with Crippen LogP contribution in [0.5, 0.6) is 0 Å². The summed E-state index contributed by atoms with van der Waals surface area (Å²) in [5.41, 5.74) is 1.43. The Kier molecular flexibility index (Phi) is 3.39. The summed E-state index contributed by atoms with van der Waals surface area (Å²) in [4.78, 5) is 11.8. The van der Waals surface area contributed by atoms with Crippen molar-refractivity contribution in [2.75, 3.05) is 0 Å². The highest BCUT2D eigenvalue weighted by atomic mass is 35.5. The lowest BCUT2D eigenvalue weighted by molar-refractivity contribution is -0.115. The molecule has 1 aliphatic carbocycles. The van der Waals surface area contributed by atoms with Gasteiger partial charge in [-0.1, -0.05) is 17.7 Å². The lowest BCUT2D eigenvalue weighted by Crippen LogP contribution is -2.05. The van der Waals surface area contributed by atoms with Gasteiger partial charge in [0.05, 0.1) is 0 Å². The number of rotatable bonds is 3. The molecule has 0 N–H and O–H groups in total. The summed E-state index contributed by atoms with van der Waals surface area (Å²) in [6.07, 6.45) is 5.01. The van der Waals surface area contributed by atoms with Crippen LogP contribution in [0.1, 0.15) is 24.8 Å². The summed E-state index contributed by atoms with van der Waals surface area (Å²) in [6.45, 7) is 0. The molecule has 0 unspecified atom stereocenters. The van der Waals surface area contributed by atoms with Gasteiger partial charge in [-0.2, -0.15) is 0 Å². The van der Waals surface area contributed by atoms with E-state index in [9.17, 15) is 9.18 Å². The van der Waals surface area contributed by atoms with Gasteiger partial charge in [0.2, 0.25) is 0 Å². The van der Waals surface area contributed by atoms with Gasteiger partial charge in [-0.05, 0) is 48.6 Å². The fourth-order valence-corrected chi connectivity index (χ4v) is 2.07. The minimum atomic E-state index is -0.354. The Hall–Kier alpha value is -1.15. The molecule has 3 heteroatoms. The van der Waals surface area contributed by atoms with Crippen molar-refractivity contribution < 1.29 is 9.18 Å². The number of benzene rings is 1. The SMILES string of the molecule is O=C(Cc1cc(F)ccc1Cl)C1=CCCC1. The smallest absolute Gasteiger partial charge is 0.162 e. The van der Waals surface area contributed by atoms with E-state index < -0.39 is 0 Å². The molecule has 1 aromatic rings. The van der Waals surface area contributed by atoms with Gasteiger partial charge in [-0.3, -0.25) is 4.79 Å². The van der Waals surface area contributed by atoms with E-state index in [-0.39, 0.29) is 18.0 Å². The zero-order valence-electron chi connectivity index (χ0n) is 8.80. The largest absolute Gasteiger partial charge is 0.294 e. The van der Waals surface area contributed by atoms with Crippen molar-refractivity contribution in [3.63, 3.8) is 0 Å². The van der Waals surface area contributed by atoms with E-state index in [0.717, 1.165) is 24.8 Å². The van der Waals surface area contributed by atoms with Gasteiger partial charge < -0.3 is 0 Å². The molecule has 1 aromatic carbocycles. The second-order valence-electron chi connectivity index (χ2n) is 3.96. The first-order valence-corrected chi connectivity index (χ1v) is 5.71. The molecule has 0 saturated carbocycles. The van der Waals surface area contributed by atoms with Gasteiger partial charge in [0.25, 0.3) is 0 Å². The summed E-state index contributed by atoms with van der Waals surface area (Å²) in [7, 11) is 0. The van der Waals surface area contributed by atoms with Crippen molar-refractivity contribution in [3.8, 4) is 0 Å². The lowest BCUT2D eigenvalue weighted by atomic mass is 10.0. The van der Waals surface area contributed by atoms with Gasteiger partial charge in [0.15, 0.2) is 5.78 Å². The molecule has 0 saturated heterocycles. The molecule has 2 rings (SSSR count). The zero-order chi connectivity index (χ0) is 11.5. The van der Waals surface area contributed by atoms with Crippen LogP contribution >= 0.6 is 11.6 Å². The summed E-state index contributed by atoms with van der Waals surface area (Å²) in [5.74, 6) is -0.294. The Morgan fingerprint density at radius 1 is 1.44 bits per heavy atom. The van der Waals surface area contributed by atoms with Crippen LogP contribution in [0.4, 0.5) is 4.39 Å². The van der Waals surface area contributed by atoms with E-state index in [0.29, 0.717) is 10.6 Å². The van der Waals surface area contributed by atoms with E-state index in [2.05, 4.69) is 0 Å². The lowest BCUT2D eigenvalue weighted by Gasteiger charge is -2.04. The molecule has 16 heavy (non-hydrogen) atoms. The molecule has 0 bridgehead atoms. The number of carbonyl (C=O) groups is 1. The Morgan fingerprint density at radius 2 is 2.25 bits per heavy atom. The summed E-state index contributed by atoms with van der Waals surface area (Å²) >= 11 is 5.91. The van der Waals surface area contributed by atoms with Crippen LogP contribution < -0.4 is 0 Å². The van der Waals surface area contributed by atoms with Crippen molar-refractivity contribution >= 4 is 17.4 Å². The van der Waals surface area contributed by atoms with Crippen LogP contribution in [0.3, 0.4) is 0 Å². The normalized spacial score (nSPS) is 15.0. The molecular formula is C13H12ClFO. The van der Waals surface area contributed by atoms with Crippen LogP contribution in [0.15, 0.2) is 29.8 Å². The Balaban J connectivity index is 2.14. The predicted octanol–water partition coefficient (Wildman–Crippen LogP) is 3.70. The Bertz CT molecular complexity index is 451. The standard InChI is InChI=1S/C13H12ClFO/c14-12-6-5-11(15)7-10(12)8-13(16)9-3-1-2-4-9/h3,5-7H,1-2,4,8H2. The number of halogens is 2. The first-order valence-electron chi connectivity index (χ1n) is 5.33. The maximum absolute atomic E-state index is 13.0. The minimum Gasteiger partial charge on any atom is -0.294 e. The third kappa shape index (κ3) is 2.50. The van der Waals surface area contributed by atoms with E-state index in [4.69, 9.17) is 11.6 Å². The van der Waals surface area contributed by atoms with Gasteiger partial charge in [-0.15, -0.1) is 0 Å². The van der Waals surface area contributed by atoms with E-state index in [1.54, 1.807) is 0 Å². The van der Waals surface area contributed by atoms with E-state index in [1.807, 2.05) is 6.08 Å². The van der Waals surface area contributed by atoms with Crippen LogP contribution in [-0.4, -0.2) is 5.78 Å². The molecule has 0 spiro atoms. The van der Waals surface area contributed by atoms with Crippen molar-refractivity contribution in [1.29, 1.82) is 0 Å². The molecule has 0 aromatic heterocycles. The molecule has 1 aliphatic rings. The topological polar surface area (TPSA) is 17.1 Å². The molecule has 84 valence electrons. The number of hydrogen-bond acceptors (Lipinski definition) is 1. The predicted molar refractivity (Wildman–Crippen MR) is 62.1 cm³/mol. The van der Waals surface area contributed by atoms with Crippen LogP contribution in [0.25, 0.3) is 0 Å². The van der Waals surface area contributed by atoms with Crippen molar-refractivity contribution in [1.82, 2.24) is 0 Å². The molecule has 1 nitrogen and oxygen atoms in total. The first-order chi connectivity index (χ1) is 7.66. The fourth-order valence-electron chi connectivity index (χ4n) is 1.89. The van der Waals surface area contributed by atoms with Crippen molar-refractivity contribution in [3.05, 3.63) is 46.3 Å². The monoisotopic (exact) mass is 238 g/mol. The van der Waals surface area contributed by atoms with E-state index in [1.165, 1.54) is 18.2 Å². The molecular weight excluding hydrogens is 227 g/mol. The fraction of sp³-hybridized carbons (Fsp3) is 0.308. The number of allylic oxidation sites excluding steroid dienone is 2. The molecule has 0 amide bonds. The van der Waals surface area contributed by atoms with Gasteiger partial charge in [0, 0.05) is 11.4 Å². The molecule has 0 heterocycles. The number of Topliss-reactive ketones (excluding diaryl/α,β-unsaturated/α-hetero) is 1. The molecule has 0 aliphatic heterocycles. The summed E-state index contributed by atoms with van der Waals surface area (Å²) in [6, 6.07) is 4.11. The Labute approximate surface area is 98.9 Å². The molecule has 0 fully saturated rings. The van der Waals surface area contributed by atoms with Crippen LogP contribution in [-0.2, 0) is 11.2 Å². The summed E-state index contributed by atoms with van der Waals surface area (Å²) < 4.78 is 13.0. The highest BCUT2D eigenvalue weighted by Crippen LogP contribution is 2.23. The maximum atomic E-state index is 13.0. The van der Waals surface area contributed by atoms with Gasteiger partial charge >= 0.3 is 0 Å². The van der Waals surface area contributed by atoms with Gasteiger partial charge in [0.1, 0.15) is 5.82 Å². The second kappa shape index (κ2) is 4.79. The average Bonchev–Trinajstić information content (AvgIpc) is 2.76. The van der Waals surface area contributed by atoms with Crippen LogP contribution in [0.2, 0.25) is 5.02 Å². The Morgan fingerprint density at radius 3 is 2.94 bits per heavy atom.